The van der Waals surface area contributed by atoms with Gasteiger partial charge in [-0.05, 0) is 18.4 Å². The molecule has 1 atom stereocenters. The molecule has 4 N–H and O–H groups in total. The molecule has 6 nitrogen and oxygen atoms in total. The lowest BCUT2D eigenvalue weighted by atomic mass is 10.0. The molecule has 0 saturated heterocycles. The van der Waals surface area contributed by atoms with Gasteiger partial charge in [-0.25, -0.2) is 0 Å². The van der Waals surface area contributed by atoms with E-state index in [2.05, 4.69) is 10.6 Å². The normalized spacial score (nSPS) is 14.6. The van der Waals surface area contributed by atoms with E-state index < -0.39 is 17.9 Å². The van der Waals surface area contributed by atoms with Gasteiger partial charge in [0.1, 0.15) is 6.04 Å². The molecule has 0 saturated carbocycles. The molecule has 0 radical (unpaired) electrons. The molecule has 108 valence electrons. The second kappa shape index (κ2) is 5.81. The number of furan rings is 1. The van der Waals surface area contributed by atoms with Crippen LogP contribution in [0, 0.1) is 5.92 Å². The van der Waals surface area contributed by atoms with E-state index in [4.69, 9.17) is 10.2 Å². The average Bonchev–Trinajstić information content (AvgIpc) is 2.81. The molecule has 0 bridgehead atoms. The van der Waals surface area contributed by atoms with Crippen molar-refractivity contribution in [2.75, 3.05) is 11.9 Å². The van der Waals surface area contributed by atoms with Gasteiger partial charge in [0.2, 0.25) is 5.91 Å². The van der Waals surface area contributed by atoms with Crippen LogP contribution < -0.4 is 16.4 Å². The zero-order valence-electron chi connectivity index (χ0n) is 11.6. The summed E-state index contributed by atoms with van der Waals surface area (Å²) in [5, 5.41) is 5.71. The van der Waals surface area contributed by atoms with E-state index in [1.807, 2.05) is 26.0 Å². The van der Waals surface area contributed by atoms with Crippen molar-refractivity contribution in [2.45, 2.75) is 26.3 Å². The van der Waals surface area contributed by atoms with Crippen molar-refractivity contribution in [1.29, 1.82) is 0 Å². The summed E-state index contributed by atoms with van der Waals surface area (Å²) in [6.45, 7) is 4.62. The minimum absolute atomic E-state index is 0.170. The monoisotopic (exact) mass is 277 g/mol. The van der Waals surface area contributed by atoms with Crippen LogP contribution in [0.4, 0.5) is 5.69 Å². The molecular formula is C14H19N3O3. The number of fused-ring (bicyclic) bond motifs is 1. The van der Waals surface area contributed by atoms with E-state index in [0.717, 1.165) is 5.69 Å². The van der Waals surface area contributed by atoms with Gasteiger partial charge in [-0.1, -0.05) is 19.9 Å². The van der Waals surface area contributed by atoms with Gasteiger partial charge >= 0.3 is 0 Å². The van der Waals surface area contributed by atoms with Crippen LogP contribution in [-0.2, 0) is 4.79 Å². The summed E-state index contributed by atoms with van der Waals surface area (Å²) in [5.74, 6) is 0.0626. The van der Waals surface area contributed by atoms with Crippen molar-refractivity contribution in [3.8, 4) is 0 Å². The summed E-state index contributed by atoms with van der Waals surface area (Å²) in [6, 6.07) is 0.940. The average molecular weight is 277 g/mol. The first-order valence-electron chi connectivity index (χ1n) is 6.61. The second-order valence-corrected chi connectivity index (χ2v) is 5.23. The maximum Gasteiger partial charge on any atom is 0.287 e. The number of nitrogens with one attached hydrogen (secondary N) is 2. The number of hydrogen-bond donors (Lipinski definition) is 3. The van der Waals surface area contributed by atoms with Gasteiger partial charge in [-0.2, -0.15) is 0 Å². The number of hydrogen-bond acceptors (Lipinski definition) is 4. The van der Waals surface area contributed by atoms with E-state index in [1.54, 1.807) is 6.07 Å². The first-order valence-corrected chi connectivity index (χ1v) is 6.61. The molecule has 0 spiro atoms. The molecule has 20 heavy (non-hydrogen) atoms. The molecule has 2 heterocycles. The number of primary amides is 1. The van der Waals surface area contributed by atoms with E-state index in [9.17, 15) is 9.59 Å². The second-order valence-electron chi connectivity index (χ2n) is 5.23. The third-order valence-electron chi connectivity index (χ3n) is 3.02. The summed E-state index contributed by atoms with van der Waals surface area (Å²) < 4.78 is 5.44. The fourth-order valence-electron chi connectivity index (χ4n) is 2.06. The Hall–Kier alpha value is -2.24. The van der Waals surface area contributed by atoms with Crippen molar-refractivity contribution in [3.63, 3.8) is 0 Å². The lowest BCUT2D eigenvalue weighted by Gasteiger charge is -2.16. The highest BCUT2D eigenvalue weighted by Gasteiger charge is 2.23. The van der Waals surface area contributed by atoms with Crippen molar-refractivity contribution in [2.24, 2.45) is 11.7 Å². The topological polar surface area (TPSA) is 97.4 Å². The van der Waals surface area contributed by atoms with Gasteiger partial charge in [-0.15, -0.1) is 0 Å². The summed E-state index contributed by atoms with van der Waals surface area (Å²) >= 11 is 0. The molecule has 2 rings (SSSR count). The molecule has 1 unspecified atom stereocenters. The summed E-state index contributed by atoms with van der Waals surface area (Å²) in [5.41, 5.74) is 6.08. The molecule has 1 aliphatic heterocycles. The first kappa shape index (κ1) is 14.2. The highest BCUT2D eigenvalue weighted by atomic mass is 16.4. The Kier molecular flexibility index (Phi) is 4.12. The van der Waals surface area contributed by atoms with Crippen LogP contribution in [-0.4, -0.2) is 24.4 Å². The highest BCUT2D eigenvalue weighted by Crippen LogP contribution is 2.25. The largest absolute Gasteiger partial charge is 0.449 e. The quantitative estimate of drug-likeness (QED) is 0.756. The predicted molar refractivity (Wildman–Crippen MR) is 76.1 cm³/mol. The summed E-state index contributed by atoms with van der Waals surface area (Å²) in [7, 11) is 0. The van der Waals surface area contributed by atoms with Gasteiger partial charge in [-0.3, -0.25) is 9.59 Å². The fourth-order valence-corrected chi connectivity index (χ4v) is 2.06. The van der Waals surface area contributed by atoms with Gasteiger partial charge in [0.25, 0.3) is 5.91 Å². The van der Waals surface area contributed by atoms with Crippen molar-refractivity contribution >= 4 is 23.6 Å². The third-order valence-corrected chi connectivity index (χ3v) is 3.02. The Labute approximate surface area is 117 Å². The van der Waals surface area contributed by atoms with Gasteiger partial charge in [0.15, 0.2) is 11.5 Å². The summed E-state index contributed by atoms with van der Waals surface area (Å²) in [6.07, 6.45) is 4.21. The Bertz CT molecular complexity index is 546. The van der Waals surface area contributed by atoms with Gasteiger partial charge in [0, 0.05) is 12.6 Å². The Balaban J connectivity index is 2.08. The van der Waals surface area contributed by atoms with Gasteiger partial charge < -0.3 is 20.8 Å². The zero-order chi connectivity index (χ0) is 14.7. The number of anilines is 1. The molecule has 6 heteroatoms. The number of rotatable bonds is 5. The maximum absolute atomic E-state index is 12.1. The molecule has 1 aromatic rings. The zero-order valence-corrected chi connectivity index (χ0v) is 11.6. The number of carbonyl (C=O) groups is 2. The van der Waals surface area contributed by atoms with Crippen LogP contribution >= 0.6 is 0 Å². The van der Waals surface area contributed by atoms with Crippen molar-refractivity contribution in [1.82, 2.24) is 5.32 Å². The van der Waals surface area contributed by atoms with E-state index in [1.165, 1.54) is 0 Å². The molecule has 1 aliphatic rings. The minimum Gasteiger partial charge on any atom is -0.449 e. The Morgan fingerprint density at radius 3 is 2.85 bits per heavy atom. The van der Waals surface area contributed by atoms with Gasteiger partial charge in [0.05, 0.1) is 5.69 Å². The van der Waals surface area contributed by atoms with Crippen LogP contribution in [0.3, 0.4) is 0 Å². The molecule has 0 aromatic carbocycles. The fraction of sp³-hybridized carbons (Fsp3) is 0.429. The molecule has 0 fully saturated rings. The Morgan fingerprint density at radius 1 is 1.50 bits per heavy atom. The SMILES string of the molecule is CC(C)CC(NC(=O)c1cc2c(o1)C=CCN2)C(N)=O. The standard InChI is InChI=1S/C14H19N3O3/c1-8(2)6-10(13(15)18)17-14(19)12-7-9-11(20-12)4-3-5-16-9/h3-4,7-8,10,16H,5-6H2,1-2H3,(H2,15,18)(H,17,19). The third kappa shape index (κ3) is 3.20. The smallest absolute Gasteiger partial charge is 0.287 e. The number of carbonyl (C=O) groups excluding carboxylic acids is 2. The lowest BCUT2D eigenvalue weighted by molar-refractivity contribution is -0.120. The number of amides is 2. The van der Waals surface area contributed by atoms with Crippen LogP contribution in [0.1, 0.15) is 36.6 Å². The van der Waals surface area contributed by atoms with E-state index >= 15 is 0 Å². The van der Waals surface area contributed by atoms with Crippen LogP contribution in [0.2, 0.25) is 0 Å². The van der Waals surface area contributed by atoms with Crippen LogP contribution in [0.15, 0.2) is 16.6 Å². The van der Waals surface area contributed by atoms with E-state index in [0.29, 0.717) is 18.7 Å². The van der Waals surface area contributed by atoms with Crippen LogP contribution in [0.25, 0.3) is 6.08 Å². The lowest BCUT2D eigenvalue weighted by Crippen LogP contribution is -2.45. The highest BCUT2D eigenvalue weighted by molar-refractivity contribution is 5.96. The maximum atomic E-state index is 12.1. The van der Waals surface area contributed by atoms with E-state index in [-0.39, 0.29) is 11.7 Å². The molecule has 1 aromatic heterocycles. The van der Waals surface area contributed by atoms with Crippen molar-refractivity contribution < 1.29 is 14.0 Å². The molecule has 2 amide bonds. The number of nitrogens with two attached hydrogens (primary N) is 1. The summed E-state index contributed by atoms with van der Waals surface area (Å²) in [4.78, 5) is 23.4. The first-order chi connectivity index (χ1) is 9.47. The predicted octanol–water partition coefficient (Wildman–Crippen LogP) is 1.35. The van der Waals surface area contributed by atoms with Crippen LogP contribution in [0.5, 0.6) is 0 Å². The Morgan fingerprint density at radius 2 is 2.25 bits per heavy atom. The molecular weight excluding hydrogens is 258 g/mol. The van der Waals surface area contributed by atoms with Crippen molar-refractivity contribution in [3.05, 3.63) is 23.7 Å². The minimum atomic E-state index is -0.687. The molecule has 0 aliphatic carbocycles.